The van der Waals surface area contributed by atoms with Crippen LogP contribution in [0, 0.1) is 11.3 Å². The van der Waals surface area contributed by atoms with Crippen LogP contribution in [-0.4, -0.2) is 11.2 Å². The summed E-state index contributed by atoms with van der Waals surface area (Å²) in [6.07, 6.45) is 0.226. The average Bonchev–Trinajstić information content (AvgIpc) is 2.46. The number of halogens is 1. The van der Waals surface area contributed by atoms with Gasteiger partial charge in [-0.15, -0.1) is 0 Å². The van der Waals surface area contributed by atoms with Gasteiger partial charge < -0.3 is 5.11 Å². The van der Waals surface area contributed by atoms with E-state index in [-0.39, 0.29) is 5.92 Å². The van der Waals surface area contributed by atoms with Gasteiger partial charge in [-0.3, -0.25) is 0 Å². The van der Waals surface area contributed by atoms with Crippen LogP contribution in [0.3, 0.4) is 0 Å². The van der Waals surface area contributed by atoms with Crippen molar-refractivity contribution in [1.82, 2.24) is 0 Å². The van der Waals surface area contributed by atoms with Crippen molar-refractivity contribution in [3.63, 3.8) is 0 Å². The molecule has 1 N–H and O–H groups in total. The highest BCUT2D eigenvalue weighted by atomic mass is 35.5. The van der Waals surface area contributed by atoms with Crippen LogP contribution in [0.25, 0.3) is 0 Å². The lowest BCUT2D eigenvalue weighted by Gasteiger charge is -2.21. The first-order valence-electron chi connectivity index (χ1n) is 6.52. The first-order chi connectivity index (χ1) is 9.60. The maximum atomic E-state index is 10.0. The molecule has 0 spiro atoms. The average molecular weight is 286 g/mol. The Morgan fingerprint density at radius 3 is 2.50 bits per heavy atom. The molecule has 102 valence electrons. The number of hydrogen-bond donors (Lipinski definition) is 1. The Bertz CT molecular complexity index is 614. The third-order valence-corrected chi connectivity index (χ3v) is 3.65. The van der Waals surface area contributed by atoms with Crippen LogP contribution >= 0.6 is 11.6 Å². The molecule has 0 aliphatic rings. The molecule has 2 nitrogen and oxygen atoms in total. The van der Waals surface area contributed by atoms with Gasteiger partial charge in [0.2, 0.25) is 0 Å². The van der Waals surface area contributed by atoms with Crippen molar-refractivity contribution < 1.29 is 5.11 Å². The molecule has 0 heterocycles. The summed E-state index contributed by atoms with van der Waals surface area (Å²) in [7, 11) is 0. The lowest BCUT2D eigenvalue weighted by atomic mass is 9.87. The van der Waals surface area contributed by atoms with Crippen LogP contribution < -0.4 is 0 Å². The minimum absolute atomic E-state index is 0.0375. The molecule has 2 rings (SSSR count). The summed E-state index contributed by atoms with van der Waals surface area (Å²) in [5.41, 5.74) is 2.71. The van der Waals surface area contributed by atoms with E-state index in [4.69, 9.17) is 16.9 Å². The molecule has 0 aliphatic heterocycles. The maximum Gasteiger partial charge on any atom is 0.0991 e. The number of aliphatic hydroxyl groups excluding tert-OH is 1. The van der Waals surface area contributed by atoms with E-state index in [0.29, 0.717) is 17.0 Å². The van der Waals surface area contributed by atoms with Crippen LogP contribution in [0.2, 0.25) is 5.02 Å². The molecular weight excluding hydrogens is 270 g/mol. The summed E-state index contributed by atoms with van der Waals surface area (Å²) >= 11 is 5.88. The van der Waals surface area contributed by atoms with Gasteiger partial charge in [0.25, 0.3) is 0 Å². The number of hydrogen-bond acceptors (Lipinski definition) is 2. The van der Waals surface area contributed by atoms with Crippen LogP contribution in [0.15, 0.2) is 48.5 Å². The number of aliphatic hydroxyl groups is 1. The minimum atomic E-state index is -0.486. The number of benzene rings is 2. The molecule has 0 aromatic heterocycles. The van der Waals surface area contributed by atoms with Crippen LogP contribution in [0.4, 0.5) is 0 Å². The predicted octanol–water partition coefficient (Wildman–Crippen LogP) is 3.92. The van der Waals surface area contributed by atoms with Crippen molar-refractivity contribution in [1.29, 1.82) is 5.26 Å². The second kappa shape index (κ2) is 6.56. The van der Waals surface area contributed by atoms with Gasteiger partial charge in [0.15, 0.2) is 0 Å². The monoisotopic (exact) mass is 285 g/mol. The highest BCUT2D eigenvalue weighted by Gasteiger charge is 2.18. The Labute approximate surface area is 124 Å². The zero-order valence-electron chi connectivity index (χ0n) is 11.3. The fourth-order valence-electron chi connectivity index (χ4n) is 2.28. The first kappa shape index (κ1) is 14.6. The van der Waals surface area contributed by atoms with Gasteiger partial charge in [-0.2, -0.15) is 5.26 Å². The molecule has 20 heavy (non-hydrogen) atoms. The summed E-state index contributed by atoms with van der Waals surface area (Å²) < 4.78 is 0. The second-order valence-electron chi connectivity index (χ2n) is 4.91. The fourth-order valence-corrected chi connectivity index (χ4v) is 2.41. The van der Waals surface area contributed by atoms with E-state index in [1.54, 1.807) is 13.0 Å². The van der Waals surface area contributed by atoms with Crippen LogP contribution in [0.5, 0.6) is 0 Å². The highest BCUT2D eigenvalue weighted by Crippen LogP contribution is 2.26. The largest absolute Gasteiger partial charge is 0.393 e. The molecule has 3 heteroatoms. The van der Waals surface area contributed by atoms with E-state index in [1.807, 2.05) is 42.5 Å². The number of nitriles is 1. The van der Waals surface area contributed by atoms with Gasteiger partial charge in [0, 0.05) is 10.9 Å². The first-order valence-corrected chi connectivity index (χ1v) is 6.90. The highest BCUT2D eigenvalue weighted by molar-refractivity contribution is 6.30. The Hall–Kier alpha value is -1.82. The van der Waals surface area contributed by atoms with Crippen LogP contribution in [-0.2, 0) is 6.42 Å². The van der Waals surface area contributed by atoms with E-state index in [1.165, 1.54) is 0 Å². The molecular formula is C17H16ClNO. The summed E-state index contributed by atoms with van der Waals surface area (Å²) in [5.74, 6) is -0.0375. The molecule has 2 atom stereocenters. The van der Waals surface area contributed by atoms with Gasteiger partial charge in [-0.25, -0.2) is 0 Å². The molecule has 2 unspecified atom stereocenters. The topological polar surface area (TPSA) is 44.0 Å². The molecule has 0 bridgehead atoms. The zero-order valence-corrected chi connectivity index (χ0v) is 12.0. The van der Waals surface area contributed by atoms with Crippen molar-refractivity contribution >= 4 is 11.6 Å². The lowest BCUT2D eigenvalue weighted by Crippen LogP contribution is -2.17. The SMILES string of the molecule is CC(O)C(Cc1ccc(Cl)cc1)c1cccc(C#N)c1. The Morgan fingerprint density at radius 1 is 1.20 bits per heavy atom. The molecule has 0 amide bonds. The normalized spacial score (nSPS) is 13.5. The van der Waals surface area contributed by atoms with E-state index < -0.39 is 6.10 Å². The van der Waals surface area contributed by atoms with Gasteiger partial charge in [0.1, 0.15) is 0 Å². The summed E-state index contributed by atoms with van der Waals surface area (Å²) in [6.45, 7) is 1.78. The zero-order chi connectivity index (χ0) is 14.5. The Balaban J connectivity index is 2.27. The van der Waals surface area contributed by atoms with Gasteiger partial charge >= 0.3 is 0 Å². The Kier molecular flexibility index (Phi) is 4.79. The third kappa shape index (κ3) is 3.60. The quantitative estimate of drug-likeness (QED) is 0.925. The van der Waals surface area contributed by atoms with Gasteiger partial charge in [-0.05, 0) is 48.7 Å². The second-order valence-corrected chi connectivity index (χ2v) is 5.35. The van der Waals surface area contributed by atoms with E-state index in [0.717, 1.165) is 11.1 Å². The number of rotatable bonds is 4. The molecule has 0 saturated carbocycles. The van der Waals surface area contributed by atoms with Crippen molar-refractivity contribution in [3.05, 3.63) is 70.2 Å². The standard InChI is InChI=1S/C17H16ClNO/c1-12(20)17(10-13-5-7-16(18)8-6-13)15-4-2-3-14(9-15)11-19/h2-9,12,17,20H,10H2,1H3. The fraction of sp³-hybridized carbons (Fsp3) is 0.235. The molecule has 0 aliphatic carbocycles. The lowest BCUT2D eigenvalue weighted by molar-refractivity contribution is 0.161. The smallest absolute Gasteiger partial charge is 0.0991 e. The summed E-state index contributed by atoms with van der Waals surface area (Å²) in [6, 6.07) is 17.2. The minimum Gasteiger partial charge on any atom is -0.393 e. The molecule has 0 radical (unpaired) electrons. The van der Waals surface area contributed by atoms with Crippen LogP contribution in [0.1, 0.15) is 29.5 Å². The maximum absolute atomic E-state index is 10.0. The Morgan fingerprint density at radius 2 is 1.90 bits per heavy atom. The van der Waals surface area contributed by atoms with Crippen molar-refractivity contribution in [2.75, 3.05) is 0 Å². The van der Waals surface area contributed by atoms with E-state index in [9.17, 15) is 5.11 Å². The van der Waals surface area contributed by atoms with Gasteiger partial charge in [-0.1, -0.05) is 35.9 Å². The van der Waals surface area contributed by atoms with Crippen molar-refractivity contribution in [3.8, 4) is 6.07 Å². The molecule has 0 saturated heterocycles. The van der Waals surface area contributed by atoms with E-state index in [2.05, 4.69) is 6.07 Å². The third-order valence-electron chi connectivity index (χ3n) is 3.40. The molecule has 0 fully saturated rings. The van der Waals surface area contributed by atoms with Crippen molar-refractivity contribution in [2.24, 2.45) is 0 Å². The number of nitrogens with zero attached hydrogens (tertiary/aromatic N) is 1. The molecule has 2 aromatic rings. The van der Waals surface area contributed by atoms with Gasteiger partial charge in [0.05, 0.1) is 17.7 Å². The predicted molar refractivity (Wildman–Crippen MR) is 80.7 cm³/mol. The summed E-state index contributed by atoms with van der Waals surface area (Å²) in [5, 5.41) is 19.7. The molecule has 2 aromatic carbocycles. The summed E-state index contributed by atoms with van der Waals surface area (Å²) in [4.78, 5) is 0. The van der Waals surface area contributed by atoms with E-state index >= 15 is 0 Å². The van der Waals surface area contributed by atoms with Crippen molar-refractivity contribution in [2.45, 2.75) is 25.4 Å².